The molecule has 1 aliphatic heterocycles. The number of carbonyl (C=O) groups is 2. The summed E-state index contributed by atoms with van der Waals surface area (Å²) in [7, 11) is 0. The van der Waals surface area contributed by atoms with Crippen molar-refractivity contribution < 1.29 is 14.3 Å². The monoisotopic (exact) mass is 339 g/mol. The van der Waals surface area contributed by atoms with E-state index in [1.807, 2.05) is 0 Å². The summed E-state index contributed by atoms with van der Waals surface area (Å²) in [5.41, 5.74) is 0.682. The zero-order valence-corrected chi connectivity index (χ0v) is 13.9. The summed E-state index contributed by atoms with van der Waals surface area (Å²) in [6.45, 7) is 3.71. The SMILES string of the molecule is CCOC(=O)N1CCC(NCC(=O)Nc2cccc(Cl)c2)CC1. The molecule has 0 spiro atoms. The quantitative estimate of drug-likeness (QED) is 0.864. The summed E-state index contributed by atoms with van der Waals surface area (Å²) in [6, 6.07) is 7.27. The number of amides is 2. The van der Waals surface area contributed by atoms with Crippen LogP contribution in [0.1, 0.15) is 19.8 Å². The summed E-state index contributed by atoms with van der Waals surface area (Å²) in [5, 5.41) is 6.60. The lowest BCUT2D eigenvalue weighted by molar-refractivity contribution is -0.115. The lowest BCUT2D eigenvalue weighted by Gasteiger charge is -2.31. The van der Waals surface area contributed by atoms with E-state index in [9.17, 15) is 9.59 Å². The molecule has 1 aliphatic rings. The minimum absolute atomic E-state index is 0.111. The van der Waals surface area contributed by atoms with Gasteiger partial charge < -0.3 is 20.3 Å². The van der Waals surface area contributed by atoms with Crippen LogP contribution in [0.4, 0.5) is 10.5 Å². The lowest BCUT2D eigenvalue weighted by atomic mass is 10.1. The van der Waals surface area contributed by atoms with Crippen molar-refractivity contribution in [1.29, 1.82) is 0 Å². The van der Waals surface area contributed by atoms with Crippen molar-refractivity contribution in [1.82, 2.24) is 10.2 Å². The highest BCUT2D eigenvalue weighted by Gasteiger charge is 2.23. The Morgan fingerprint density at radius 2 is 2.09 bits per heavy atom. The second kappa shape index (κ2) is 8.74. The van der Waals surface area contributed by atoms with E-state index in [1.54, 1.807) is 36.1 Å². The second-order valence-electron chi connectivity index (χ2n) is 5.40. The third-order valence-corrected chi connectivity index (χ3v) is 3.92. The van der Waals surface area contributed by atoms with Crippen molar-refractivity contribution in [3.05, 3.63) is 29.3 Å². The van der Waals surface area contributed by atoms with Gasteiger partial charge in [-0.05, 0) is 38.0 Å². The van der Waals surface area contributed by atoms with E-state index in [4.69, 9.17) is 16.3 Å². The van der Waals surface area contributed by atoms with E-state index in [1.165, 1.54) is 0 Å². The Morgan fingerprint density at radius 3 is 2.74 bits per heavy atom. The van der Waals surface area contributed by atoms with Crippen LogP contribution in [0.15, 0.2) is 24.3 Å². The number of piperidine rings is 1. The smallest absolute Gasteiger partial charge is 0.409 e. The zero-order chi connectivity index (χ0) is 16.7. The molecule has 0 aromatic heterocycles. The Balaban J connectivity index is 1.69. The molecule has 1 heterocycles. The molecular weight excluding hydrogens is 318 g/mol. The molecule has 1 aromatic rings. The Labute approximate surface area is 141 Å². The standard InChI is InChI=1S/C16H22ClN3O3/c1-2-23-16(22)20-8-6-13(7-9-20)18-11-15(21)19-14-5-3-4-12(17)10-14/h3-5,10,13,18H,2,6-9,11H2,1H3,(H,19,21). The number of likely N-dealkylation sites (tertiary alicyclic amines) is 1. The van der Waals surface area contributed by atoms with Crippen molar-refractivity contribution in [2.45, 2.75) is 25.8 Å². The lowest BCUT2D eigenvalue weighted by Crippen LogP contribution is -2.46. The largest absolute Gasteiger partial charge is 0.450 e. The number of hydrogen-bond acceptors (Lipinski definition) is 4. The van der Waals surface area contributed by atoms with Crippen LogP contribution >= 0.6 is 11.6 Å². The molecule has 0 radical (unpaired) electrons. The van der Waals surface area contributed by atoms with Gasteiger partial charge in [-0.15, -0.1) is 0 Å². The second-order valence-corrected chi connectivity index (χ2v) is 5.84. The van der Waals surface area contributed by atoms with Gasteiger partial charge in [0, 0.05) is 29.8 Å². The van der Waals surface area contributed by atoms with E-state index in [0.29, 0.717) is 30.4 Å². The molecule has 23 heavy (non-hydrogen) atoms. The van der Waals surface area contributed by atoms with Crippen LogP contribution in [0, 0.1) is 0 Å². The minimum Gasteiger partial charge on any atom is -0.450 e. The molecule has 1 aromatic carbocycles. The van der Waals surface area contributed by atoms with Crippen LogP contribution in [-0.4, -0.2) is 49.2 Å². The van der Waals surface area contributed by atoms with Crippen molar-refractivity contribution in [2.75, 3.05) is 31.6 Å². The molecule has 7 heteroatoms. The maximum atomic E-state index is 11.9. The number of hydrogen-bond donors (Lipinski definition) is 2. The molecule has 2 amide bonds. The van der Waals surface area contributed by atoms with Gasteiger partial charge >= 0.3 is 6.09 Å². The summed E-state index contributed by atoms with van der Waals surface area (Å²) in [5.74, 6) is -0.111. The van der Waals surface area contributed by atoms with Gasteiger partial charge in [-0.2, -0.15) is 0 Å². The third-order valence-electron chi connectivity index (χ3n) is 3.68. The highest BCUT2D eigenvalue weighted by molar-refractivity contribution is 6.30. The maximum Gasteiger partial charge on any atom is 0.409 e. The summed E-state index contributed by atoms with van der Waals surface area (Å²) < 4.78 is 4.98. The summed E-state index contributed by atoms with van der Waals surface area (Å²) in [4.78, 5) is 25.2. The first kappa shape index (κ1) is 17.6. The number of benzene rings is 1. The van der Waals surface area contributed by atoms with Gasteiger partial charge in [0.1, 0.15) is 0 Å². The number of rotatable bonds is 5. The number of ether oxygens (including phenoxy) is 1. The van der Waals surface area contributed by atoms with Crippen LogP contribution < -0.4 is 10.6 Å². The van der Waals surface area contributed by atoms with Crippen LogP contribution in [0.2, 0.25) is 5.02 Å². The van der Waals surface area contributed by atoms with Crippen molar-refractivity contribution in [3.8, 4) is 0 Å². The van der Waals surface area contributed by atoms with Gasteiger partial charge in [0.15, 0.2) is 0 Å². The Kier molecular flexibility index (Phi) is 6.67. The number of carbonyl (C=O) groups excluding carboxylic acids is 2. The average molecular weight is 340 g/mol. The van der Waals surface area contributed by atoms with Gasteiger partial charge in [0.25, 0.3) is 0 Å². The minimum atomic E-state index is -0.260. The normalized spacial score (nSPS) is 15.3. The molecule has 0 bridgehead atoms. The first-order valence-corrected chi connectivity index (χ1v) is 8.16. The first-order chi connectivity index (χ1) is 11.1. The van der Waals surface area contributed by atoms with Crippen molar-refractivity contribution in [2.24, 2.45) is 0 Å². The predicted octanol–water partition coefficient (Wildman–Crippen LogP) is 2.49. The Hall–Kier alpha value is -1.79. The molecule has 6 nitrogen and oxygen atoms in total. The van der Waals surface area contributed by atoms with Gasteiger partial charge in [0.2, 0.25) is 5.91 Å². The molecule has 126 valence electrons. The van der Waals surface area contributed by atoms with Crippen LogP contribution in [0.3, 0.4) is 0 Å². The maximum absolute atomic E-state index is 11.9. The summed E-state index contributed by atoms with van der Waals surface area (Å²) >= 11 is 5.88. The first-order valence-electron chi connectivity index (χ1n) is 7.79. The molecule has 1 fully saturated rings. The molecular formula is C16H22ClN3O3. The van der Waals surface area contributed by atoms with E-state index < -0.39 is 0 Å². The molecule has 0 saturated carbocycles. The van der Waals surface area contributed by atoms with E-state index in [0.717, 1.165) is 12.8 Å². The third kappa shape index (κ3) is 5.73. The molecule has 2 rings (SSSR count). The van der Waals surface area contributed by atoms with E-state index in [2.05, 4.69) is 10.6 Å². The number of anilines is 1. The van der Waals surface area contributed by atoms with Gasteiger partial charge in [-0.1, -0.05) is 17.7 Å². The zero-order valence-electron chi connectivity index (χ0n) is 13.2. The van der Waals surface area contributed by atoms with Gasteiger partial charge in [-0.25, -0.2) is 4.79 Å². The summed E-state index contributed by atoms with van der Waals surface area (Å²) in [6.07, 6.45) is 1.36. The molecule has 1 saturated heterocycles. The molecule has 2 N–H and O–H groups in total. The molecule has 0 atom stereocenters. The Morgan fingerprint density at radius 1 is 1.35 bits per heavy atom. The van der Waals surface area contributed by atoms with Gasteiger partial charge in [-0.3, -0.25) is 4.79 Å². The van der Waals surface area contributed by atoms with Crippen LogP contribution in [-0.2, 0) is 9.53 Å². The van der Waals surface area contributed by atoms with E-state index in [-0.39, 0.29) is 24.6 Å². The Bertz CT molecular complexity index is 545. The number of nitrogens with one attached hydrogen (secondary N) is 2. The molecule has 0 unspecified atom stereocenters. The fourth-order valence-corrected chi connectivity index (χ4v) is 2.68. The number of nitrogens with zero attached hydrogens (tertiary/aromatic N) is 1. The fourth-order valence-electron chi connectivity index (χ4n) is 2.49. The molecule has 0 aliphatic carbocycles. The van der Waals surface area contributed by atoms with Crippen LogP contribution in [0.25, 0.3) is 0 Å². The average Bonchev–Trinajstić information content (AvgIpc) is 2.54. The highest BCUT2D eigenvalue weighted by Crippen LogP contribution is 2.15. The van der Waals surface area contributed by atoms with Crippen molar-refractivity contribution >= 4 is 29.3 Å². The highest BCUT2D eigenvalue weighted by atomic mass is 35.5. The van der Waals surface area contributed by atoms with Crippen molar-refractivity contribution in [3.63, 3.8) is 0 Å². The van der Waals surface area contributed by atoms with Gasteiger partial charge in [0.05, 0.1) is 13.2 Å². The van der Waals surface area contributed by atoms with E-state index >= 15 is 0 Å². The predicted molar refractivity (Wildman–Crippen MR) is 89.7 cm³/mol. The van der Waals surface area contributed by atoms with Crippen LogP contribution in [0.5, 0.6) is 0 Å². The topological polar surface area (TPSA) is 70.7 Å². The number of halogens is 1. The fraction of sp³-hybridized carbons (Fsp3) is 0.500.